The van der Waals surface area contributed by atoms with Crippen LogP contribution in [0.4, 0.5) is 11.6 Å². The summed E-state index contributed by atoms with van der Waals surface area (Å²) in [6.07, 6.45) is 1.81. The molecule has 1 aromatic heterocycles. The molecule has 0 saturated carbocycles. The van der Waals surface area contributed by atoms with Crippen LogP contribution in [0.1, 0.15) is 39.9 Å². The lowest BCUT2D eigenvalue weighted by molar-refractivity contribution is -0.130. The van der Waals surface area contributed by atoms with Crippen molar-refractivity contribution in [3.8, 4) is 0 Å². The number of rotatable bonds is 8. The third-order valence-electron chi connectivity index (χ3n) is 3.19. The Morgan fingerprint density at radius 2 is 1.95 bits per heavy atom. The maximum absolute atomic E-state index is 12.1. The Morgan fingerprint density at radius 3 is 2.52 bits per heavy atom. The molecule has 2 N–H and O–H groups in total. The molecular formula is C15H27N5O. The Kier molecular flexibility index (Phi) is 6.91. The van der Waals surface area contributed by atoms with Crippen LogP contribution in [0.2, 0.25) is 0 Å². The fourth-order valence-electron chi connectivity index (χ4n) is 1.95. The minimum Gasteiger partial charge on any atom is -0.370 e. The first kappa shape index (κ1) is 17.2. The smallest absolute Gasteiger partial charge is 0.244 e. The Labute approximate surface area is 127 Å². The lowest BCUT2D eigenvalue weighted by Gasteiger charge is -2.21. The van der Waals surface area contributed by atoms with E-state index < -0.39 is 0 Å². The van der Waals surface area contributed by atoms with Crippen molar-refractivity contribution in [2.45, 2.75) is 46.6 Å². The van der Waals surface area contributed by atoms with Crippen LogP contribution >= 0.6 is 0 Å². The van der Waals surface area contributed by atoms with Gasteiger partial charge in [0.2, 0.25) is 5.91 Å². The molecule has 6 heteroatoms. The number of hydrogen-bond acceptors (Lipinski definition) is 5. The molecule has 1 amide bonds. The van der Waals surface area contributed by atoms with Crippen molar-refractivity contribution in [3.05, 3.63) is 11.9 Å². The molecule has 0 bridgehead atoms. The van der Waals surface area contributed by atoms with Gasteiger partial charge in [-0.3, -0.25) is 4.79 Å². The molecule has 0 aliphatic heterocycles. The van der Waals surface area contributed by atoms with Crippen molar-refractivity contribution < 1.29 is 4.79 Å². The van der Waals surface area contributed by atoms with Crippen molar-refractivity contribution in [1.29, 1.82) is 0 Å². The highest BCUT2D eigenvalue weighted by molar-refractivity contribution is 5.83. The van der Waals surface area contributed by atoms with Gasteiger partial charge in [0.25, 0.3) is 0 Å². The summed E-state index contributed by atoms with van der Waals surface area (Å²) >= 11 is 0. The number of aryl methyl sites for hydroxylation is 1. The maximum Gasteiger partial charge on any atom is 0.244 e. The van der Waals surface area contributed by atoms with Gasteiger partial charge in [0.05, 0.1) is 0 Å². The summed E-state index contributed by atoms with van der Waals surface area (Å²) in [7, 11) is 1.80. The zero-order chi connectivity index (χ0) is 15.8. The Bertz CT molecular complexity index is 439. The van der Waals surface area contributed by atoms with Gasteiger partial charge in [0, 0.05) is 32.6 Å². The predicted octanol–water partition coefficient (Wildman–Crippen LogP) is 2.14. The summed E-state index contributed by atoms with van der Waals surface area (Å²) in [5.41, 5.74) is 0. The number of likely N-dealkylation sites (N-methyl/N-ethyl adjacent to an activating group) is 1. The number of nitrogens with one attached hydrogen (secondary N) is 2. The van der Waals surface area contributed by atoms with Crippen LogP contribution in [-0.2, 0) is 11.2 Å². The third kappa shape index (κ3) is 5.21. The van der Waals surface area contributed by atoms with E-state index in [1.165, 1.54) is 0 Å². The number of aromatic nitrogens is 2. The molecule has 21 heavy (non-hydrogen) atoms. The van der Waals surface area contributed by atoms with E-state index in [1.807, 2.05) is 26.8 Å². The molecule has 1 heterocycles. The molecule has 6 nitrogen and oxygen atoms in total. The first-order valence-corrected chi connectivity index (χ1v) is 7.65. The summed E-state index contributed by atoms with van der Waals surface area (Å²) in [5.74, 6) is 2.33. The van der Waals surface area contributed by atoms with Gasteiger partial charge in [-0.15, -0.1) is 0 Å². The first-order valence-electron chi connectivity index (χ1n) is 7.65. The first-order chi connectivity index (χ1) is 10.0. The molecule has 0 aliphatic carbocycles. The maximum atomic E-state index is 12.1. The zero-order valence-corrected chi connectivity index (χ0v) is 13.7. The molecule has 1 aromatic rings. The Balaban J connectivity index is 2.87. The quantitative estimate of drug-likeness (QED) is 0.768. The van der Waals surface area contributed by atoms with Gasteiger partial charge in [0.1, 0.15) is 23.5 Å². The molecule has 0 aromatic carbocycles. The molecule has 0 fully saturated rings. The third-order valence-corrected chi connectivity index (χ3v) is 3.19. The van der Waals surface area contributed by atoms with Crippen LogP contribution in [0.25, 0.3) is 0 Å². The number of carbonyl (C=O) groups is 1. The van der Waals surface area contributed by atoms with Crippen LogP contribution in [0.5, 0.6) is 0 Å². The van der Waals surface area contributed by atoms with Gasteiger partial charge in [0.15, 0.2) is 0 Å². The number of anilines is 2. The summed E-state index contributed by atoms with van der Waals surface area (Å²) in [6, 6.07) is 1.53. The normalized spacial score (nSPS) is 11.9. The topological polar surface area (TPSA) is 70.2 Å². The molecule has 0 radical (unpaired) electrons. The second kappa shape index (κ2) is 8.44. The van der Waals surface area contributed by atoms with E-state index in [9.17, 15) is 4.79 Å². The minimum atomic E-state index is -0.311. The highest BCUT2D eigenvalue weighted by atomic mass is 16.2. The summed E-state index contributed by atoms with van der Waals surface area (Å²) in [4.78, 5) is 22.7. The predicted molar refractivity (Wildman–Crippen MR) is 86.6 cm³/mol. The number of carbonyl (C=O) groups excluding carboxylic acids is 1. The van der Waals surface area contributed by atoms with E-state index in [0.29, 0.717) is 12.4 Å². The van der Waals surface area contributed by atoms with Crippen molar-refractivity contribution in [1.82, 2.24) is 14.9 Å². The van der Waals surface area contributed by atoms with E-state index >= 15 is 0 Å². The largest absolute Gasteiger partial charge is 0.370 e. The van der Waals surface area contributed by atoms with E-state index in [2.05, 4.69) is 27.5 Å². The highest BCUT2D eigenvalue weighted by Crippen LogP contribution is 2.14. The van der Waals surface area contributed by atoms with Gasteiger partial charge < -0.3 is 15.5 Å². The van der Waals surface area contributed by atoms with Gasteiger partial charge in [-0.05, 0) is 27.2 Å². The highest BCUT2D eigenvalue weighted by Gasteiger charge is 2.17. The molecule has 0 saturated heterocycles. The monoisotopic (exact) mass is 293 g/mol. The van der Waals surface area contributed by atoms with E-state index in [4.69, 9.17) is 0 Å². The average molecular weight is 293 g/mol. The average Bonchev–Trinajstić information content (AvgIpc) is 2.46. The minimum absolute atomic E-state index is 0.0538. The van der Waals surface area contributed by atoms with Crippen molar-refractivity contribution >= 4 is 17.5 Å². The Hall–Kier alpha value is -1.85. The van der Waals surface area contributed by atoms with Crippen molar-refractivity contribution in [3.63, 3.8) is 0 Å². The molecule has 118 valence electrons. The van der Waals surface area contributed by atoms with Crippen LogP contribution in [0.3, 0.4) is 0 Å². The van der Waals surface area contributed by atoms with Gasteiger partial charge in [-0.2, -0.15) is 0 Å². The number of hydrogen-bond donors (Lipinski definition) is 2. The Morgan fingerprint density at radius 1 is 1.29 bits per heavy atom. The molecule has 0 aliphatic rings. The van der Waals surface area contributed by atoms with Gasteiger partial charge >= 0.3 is 0 Å². The molecule has 0 spiro atoms. The lowest BCUT2D eigenvalue weighted by atomic mass is 10.3. The van der Waals surface area contributed by atoms with E-state index in [-0.39, 0.29) is 11.9 Å². The summed E-state index contributed by atoms with van der Waals surface area (Å²) < 4.78 is 0. The van der Waals surface area contributed by atoms with Crippen LogP contribution in [-0.4, -0.2) is 47.0 Å². The van der Waals surface area contributed by atoms with Crippen molar-refractivity contribution in [2.75, 3.05) is 30.8 Å². The second-order valence-electron chi connectivity index (χ2n) is 5.05. The fourth-order valence-corrected chi connectivity index (χ4v) is 1.95. The zero-order valence-electron chi connectivity index (χ0n) is 13.7. The van der Waals surface area contributed by atoms with Crippen LogP contribution in [0, 0.1) is 0 Å². The lowest BCUT2D eigenvalue weighted by Crippen LogP contribution is -2.39. The van der Waals surface area contributed by atoms with Crippen LogP contribution in [0.15, 0.2) is 6.07 Å². The number of amides is 1. The SMILES string of the molecule is CCCc1nc(NCC)cc(NC(C)C(=O)N(C)CC)n1. The van der Waals surface area contributed by atoms with Gasteiger partial charge in [-0.1, -0.05) is 6.92 Å². The second-order valence-corrected chi connectivity index (χ2v) is 5.05. The molecular weight excluding hydrogens is 266 g/mol. The molecule has 1 rings (SSSR count). The summed E-state index contributed by atoms with van der Waals surface area (Å²) in [6.45, 7) is 9.42. The van der Waals surface area contributed by atoms with Gasteiger partial charge in [-0.25, -0.2) is 9.97 Å². The van der Waals surface area contributed by atoms with E-state index in [0.717, 1.165) is 31.0 Å². The standard InChI is InChI=1S/C15H27N5O/c1-6-9-12-18-13(16-7-2)10-14(19-12)17-11(4)15(21)20(5)8-3/h10-11H,6-9H2,1-5H3,(H2,16,17,18,19). The van der Waals surface area contributed by atoms with Crippen molar-refractivity contribution in [2.24, 2.45) is 0 Å². The molecule has 1 unspecified atom stereocenters. The van der Waals surface area contributed by atoms with E-state index in [1.54, 1.807) is 11.9 Å². The molecule has 1 atom stereocenters. The fraction of sp³-hybridized carbons (Fsp3) is 0.667. The van der Waals surface area contributed by atoms with Crippen LogP contribution < -0.4 is 10.6 Å². The number of nitrogens with zero attached hydrogens (tertiary/aromatic N) is 3. The summed E-state index contributed by atoms with van der Waals surface area (Å²) in [5, 5.41) is 6.37.